The molecule has 0 aliphatic carbocycles. The highest BCUT2D eigenvalue weighted by Crippen LogP contribution is 2.09. The molecule has 19 heavy (non-hydrogen) atoms. The van der Waals surface area contributed by atoms with E-state index in [9.17, 15) is 0 Å². The molecule has 1 aromatic heterocycles. The van der Waals surface area contributed by atoms with Crippen molar-refractivity contribution >= 4 is 0 Å². The lowest BCUT2D eigenvalue weighted by Gasteiger charge is -2.07. The molecule has 0 bridgehead atoms. The molecule has 1 aromatic carbocycles. The maximum absolute atomic E-state index is 5.28. The molecule has 1 unspecified atom stereocenters. The Bertz CT molecular complexity index is 504. The third-order valence-corrected chi connectivity index (χ3v) is 3.03. The van der Waals surface area contributed by atoms with E-state index in [-0.39, 0.29) is 0 Å². The van der Waals surface area contributed by atoms with Crippen LogP contribution in [0.2, 0.25) is 0 Å². The number of nitrogens with zero attached hydrogens (tertiary/aromatic N) is 2. The number of benzene rings is 1. The number of aryl methyl sites for hydroxylation is 1. The largest absolute Gasteiger partial charge is 0.339 e. The first-order chi connectivity index (χ1) is 9.17. The topological polar surface area (TPSA) is 51.0 Å². The van der Waals surface area contributed by atoms with E-state index in [2.05, 4.69) is 60.5 Å². The van der Waals surface area contributed by atoms with Crippen LogP contribution in [0.15, 0.2) is 28.8 Å². The Labute approximate surface area is 114 Å². The van der Waals surface area contributed by atoms with Crippen LogP contribution in [-0.2, 0) is 12.8 Å². The zero-order valence-electron chi connectivity index (χ0n) is 11.8. The molecule has 4 heteroatoms. The molecular formula is C15H21N3O. The number of hydrogen-bond donors (Lipinski definition) is 1. The lowest BCUT2D eigenvalue weighted by molar-refractivity contribution is 0.359. The molecule has 0 spiro atoms. The Morgan fingerprint density at radius 2 is 2.00 bits per heavy atom. The van der Waals surface area contributed by atoms with Gasteiger partial charge in [0.2, 0.25) is 5.89 Å². The molecule has 0 radical (unpaired) electrons. The number of rotatable bonds is 6. The van der Waals surface area contributed by atoms with Gasteiger partial charge in [-0.2, -0.15) is 4.98 Å². The van der Waals surface area contributed by atoms with E-state index in [0.717, 1.165) is 25.2 Å². The zero-order valence-corrected chi connectivity index (χ0v) is 11.8. The van der Waals surface area contributed by atoms with Crippen molar-refractivity contribution in [2.24, 2.45) is 0 Å². The fourth-order valence-electron chi connectivity index (χ4n) is 2.02. The Morgan fingerprint density at radius 1 is 1.26 bits per heavy atom. The van der Waals surface area contributed by atoms with E-state index < -0.39 is 0 Å². The zero-order chi connectivity index (χ0) is 13.7. The Balaban J connectivity index is 1.95. The summed E-state index contributed by atoms with van der Waals surface area (Å²) in [5.74, 6) is 1.46. The SMILES string of the molecule is CCNC(C)Cc1nc(Cc2ccc(C)cc2)no1. The first kappa shape index (κ1) is 13.7. The average molecular weight is 259 g/mol. The minimum atomic E-state index is 0.359. The summed E-state index contributed by atoms with van der Waals surface area (Å²) in [6.45, 7) is 7.24. The highest BCUT2D eigenvalue weighted by atomic mass is 16.5. The number of likely N-dealkylation sites (N-methyl/N-ethyl adjacent to an activating group) is 1. The molecule has 102 valence electrons. The molecule has 0 saturated carbocycles. The van der Waals surface area contributed by atoms with Crippen LogP contribution in [-0.4, -0.2) is 22.7 Å². The Hall–Kier alpha value is -1.68. The lowest BCUT2D eigenvalue weighted by Crippen LogP contribution is -2.27. The first-order valence-electron chi connectivity index (χ1n) is 6.77. The minimum absolute atomic E-state index is 0.359. The van der Waals surface area contributed by atoms with Gasteiger partial charge in [0, 0.05) is 18.9 Å². The van der Waals surface area contributed by atoms with Crippen LogP contribution in [0.5, 0.6) is 0 Å². The van der Waals surface area contributed by atoms with Crippen LogP contribution < -0.4 is 5.32 Å². The molecule has 0 saturated heterocycles. The van der Waals surface area contributed by atoms with Crippen molar-refractivity contribution in [3.63, 3.8) is 0 Å². The fourth-order valence-corrected chi connectivity index (χ4v) is 2.02. The van der Waals surface area contributed by atoms with E-state index in [0.29, 0.717) is 11.9 Å². The summed E-state index contributed by atoms with van der Waals surface area (Å²) < 4.78 is 5.28. The highest BCUT2D eigenvalue weighted by Gasteiger charge is 2.10. The van der Waals surface area contributed by atoms with Gasteiger partial charge in [0.25, 0.3) is 0 Å². The number of nitrogens with one attached hydrogen (secondary N) is 1. The molecule has 0 fully saturated rings. The maximum Gasteiger partial charge on any atom is 0.228 e. The van der Waals surface area contributed by atoms with Gasteiger partial charge in [-0.05, 0) is 26.0 Å². The van der Waals surface area contributed by atoms with E-state index in [4.69, 9.17) is 4.52 Å². The normalized spacial score (nSPS) is 12.6. The first-order valence-corrected chi connectivity index (χ1v) is 6.77. The van der Waals surface area contributed by atoms with Gasteiger partial charge in [-0.1, -0.05) is 41.9 Å². The lowest BCUT2D eigenvalue weighted by atomic mass is 10.1. The van der Waals surface area contributed by atoms with Crippen molar-refractivity contribution < 1.29 is 4.52 Å². The Kier molecular flexibility index (Phi) is 4.68. The van der Waals surface area contributed by atoms with Gasteiger partial charge in [-0.15, -0.1) is 0 Å². The summed E-state index contributed by atoms with van der Waals surface area (Å²) >= 11 is 0. The van der Waals surface area contributed by atoms with Crippen molar-refractivity contribution in [2.45, 2.75) is 39.7 Å². The minimum Gasteiger partial charge on any atom is -0.339 e. The molecule has 4 nitrogen and oxygen atoms in total. The summed E-state index contributed by atoms with van der Waals surface area (Å²) in [6, 6.07) is 8.77. The van der Waals surface area contributed by atoms with E-state index in [1.54, 1.807) is 0 Å². The van der Waals surface area contributed by atoms with E-state index in [1.165, 1.54) is 11.1 Å². The average Bonchev–Trinajstić information content (AvgIpc) is 2.80. The van der Waals surface area contributed by atoms with Crippen molar-refractivity contribution in [3.8, 4) is 0 Å². The van der Waals surface area contributed by atoms with Gasteiger partial charge in [-0.3, -0.25) is 0 Å². The molecule has 1 N–H and O–H groups in total. The van der Waals surface area contributed by atoms with Gasteiger partial charge in [0.05, 0.1) is 0 Å². The van der Waals surface area contributed by atoms with Crippen LogP contribution >= 0.6 is 0 Å². The number of hydrogen-bond acceptors (Lipinski definition) is 4. The summed E-state index contributed by atoms with van der Waals surface area (Å²) in [6.07, 6.45) is 1.49. The van der Waals surface area contributed by atoms with Gasteiger partial charge >= 0.3 is 0 Å². The van der Waals surface area contributed by atoms with Crippen LogP contribution in [0.4, 0.5) is 0 Å². The second kappa shape index (κ2) is 6.48. The van der Waals surface area contributed by atoms with E-state index >= 15 is 0 Å². The molecule has 0 aliphatic rings. The van der Waals surface area contributed by atoms with Crippen LogP contribution in [0, 0.1) is 6.92 Å². The van der Waals surface area contributed by atoms with Gasteiger partial charge in [0.1, 0.15) is 0 Å². The van der Waals surface area contributed by atoms with Gasteiger partial charge < -0.3 is 9.84 Å². The quantitative estimate of drug-likeness (QED) is 0.866. The second-order valence-corrected chi connectivity index (χ2v) is 4.93. The van der Waals surface area contributed by atoms with Crippen molar-refractivity contribution in [2.75, 3.05) is 6.54 Å². The fraction of sp³-hybridized carbons (Fsp3) is 0.467. The molecule has 0 amide bonds. The Morgan fingerprint density at radius 3 is 2.68 bits per heavy atom. The number of aromatic nitrogens is 2. The standard InChI is InChI=1S/C15H21N3O/c1-4-16-12(3)9-15-17-14(18-19-15)10-13-7-5-11(2)6-8-13/h5-8,12,16H,4,9-10H2,1-3H3. The van der Waals surface area contributed by atoms with Crippen molar-refractivity contribution in [1.29, 1.82) is 0 Å². The highest BCUT2D eigenvalue weighted by molar-refractivity contribution is 5.23. The maximum atomic E-state index is 5.28. The van der Waals surface area contributed by atoms with Gasteiger partial charge in [-0.25, -0.2) is 0 Å². The third-order valence-electron chi connectivity index (χ3n) is 3.03. The van der Waals surface area contributed by atoms with Crippen LogP contribution in [0.1, 0.15) is 36.7 Å². The monoisotopic (exact) mass is 259 g/mol. The van der Waals surface area contributed by atoms with Crippen molar-refractivity contribution in [1.82, 2.24) is 15.5 Å². The smallest absolute Gasteiger partial charge is 0.228 e. The summed E-state index contributed by atoms with van der Waals surface area (Å²) in [4.78, 5) is 4.43. The van der Waals surface area contributed by atoms with E-state index in [1.807, 2.05) is 0 Å². The van der Waals surface area contributed by atoms with Crippen LogP contribution in [0.3, 0.4) is 0 Å². The van der Waals surface area contributed by atoms with Crippen molar-refractivity contribution in [3.05, 3.63) is 47.1 Å². The predicted molar refractivity (Wildman–Crippen MR) is 75.1 cm³/mol. The molecule has 0 aliphatic heterocycles. The predicted octanol–water partition coefficient (Wildman–Crippen LogP) is 2.51. The van der Waals surface area contributed by atoms with Gasteiger partial charge in [0.15, 0.2) is 5.82 Å². The summed E-state index contributed by atoms with van der Waals surface area (Å²) in [5.41, 5.74) is 2.47. The second-order valence-electron chi connectivity index (χ2n) is 4.93. The molecular weight excluding hydrogens is 238 g/mol. The molecule has 1 heterocycles. The van der Waals surface area contributed by atoms with Crippen LogP contribution in [0.25, 0.3) is 0 Å². The third kappa shape index (κ3) is 4.17. The molecule has 2 aromatic rings. The molecule has 2 rings (SSSR count). The summed E-state index contributed by atoms with van der Waals surface area (Å²) in [7, 11) is 0. The summed E-state index contributed by atoms with van der Waals surface area (Å²) in [5, 5.41) is 7.36. The molecule has 1 atom stereocenters.